The van der Waals surface area contributed by atoms with Crippen molar-refractivity contribution in [3.63, 3.8) is 0 Å². The number of rotatable bonds is 6. The predicted octanol–water partition coefficient (Wildman–Crippen LogP) is 3.45. The maximum absolute atomic E-state index is 13.6. The number of nitrogens with one attached hydrogen (secondary N) is 1. The summed E-state index contributed by atoms with van der Waals surface area (Å²) in [5, 5.41) is 2.58. The van der Waals surface area contributed by atoms with Crippen LogP contribution in [0, 0.1) is 5.82 Å². The van der Waals surface area contributed by atoms with Gasteiger partial charge in [-0.2, -0.15) is 0 Å². The Morgan fingerprint density at radius 3 is 2.42 bits per heavy atom. The fraction of sp³-hybridized carbons (Fsp3) is 0.167. The van der Waals surface area contributed by atoms with Crippen LogP contribution < -0.4 is 5.32 Å². The van der Waals surface area contributed by atoms with Gasteiger partial charge in [0.05, 0.1) is 23.4 Å². The summed E-state index contributed by atoms with van der Waals surface area (Å²) >= 11 is 5.61. The Labute approximate surface area is 153 Å². The quantitative estimate of drug-likeness (QED) is 0.777. The maximum atomic E-state index is 13.6. The molecule has 136 valence electrons. The van der Waals surface area contributed by atoms with Gasteiger partial charge in [-0.1, -0.05) is 23.7 Å². The number of para-hydroxylation sites is 1. The molecule has 0 heterocycles. The molecule has 2 aromatic carbocycles. The highest BCUT2D eigenvalue weighted by atomic mass is 35.5. The van der Waals surface area contributed by atoms with Crippen LogP contribution in [0.25, 0.3) is 0 Å². The normalized spacial score (nSPS) is 10.1. The first kappa shape index (κ1) is 19.4. The number of anilines is 1. The first-order valence-corrected chi connectivity index (χ1v) is 7.98. The van der Waals surface area contributed by atoms with E-state index in [4.69, 9.17) is 21.1 Å². The van der Waals surface area contributed by atoms with E-state index < -0.39 is 30.3 Å². The highest BCUT2D eigenvalue weighted by Gasteiger charge is 2.17. The van der Waals surface area contributed by atoms with Crippen molar-refractivity contribution in [3.05, 3.63) is 64.4 Å². The molecule has 0 aliphatic carbocycles. The second-order valence-corrected chi connectivity index (χ2v) is 5.45. The number of benzene rings is 2. The molecule has 0 fully saturated rings. The van der Waals surface area contributed by atoms with Crippen LogP contribution in [0.2, 0.25) is 5.02 Å². The van der Waals surface area contributed by atoms with E-state index in [-0.39, 0.29) is 28.4 Å². The number of carbonyl (C=O) groups excluding carboxylic acids is 3. The molecule has 1 amide bonds. The Kier molecular flexibility index (Phi) is 6.68. The molecule has 1 N–H and O–H groups in total. The van der Waals surface area contributed by atoms with E-state index in [2.05, 4.69) is 5.32 Å². The number of amides is 1. The summed E-state index contributed by atoms with van der Waals surface area (Å²) in [4.78, 5) is 35.7. The van der Waals surface area contributed by atoms with E-state index >= 15 is 0 Å². The van der Waals surface area contributed by atoms with Crippen molar-refractivity contribution in [2.45, 2.75) is 6.92 Å². The van der Waals surface area contributed by atoms with Gasteiger partial charge in [0.15, 0.2) is 6.61 Å². The Bertz CT molecular complexity index is 840. The fourth-order valence-electron chi connectivity index (χ4n) is 2.03. The van der Waals surface area contributed by atoms with Gasteiger partial charge in [-0.05, 0) is 37.3 Å². The molecule has 0 atom stereocenters. The average Bonchev–Trinajstić information content (AvgIpc) is 2.60. The first-order chi connectivity index (χ1) is 12.4. The second kappa shape index (κ2) is 8.96. The van der Waals surface area contributed by atoms with Crippen LogP contribution in [0.15, 0.2) is 42.5 Å². The fourth-order valence-corrected chi connectivity index (χ4v) is 2.19. The van der Waals surface area contributed by atoms with Crippen LogP contribution in [-0.2, 0) is 14.3 Å². The molecule has 2 aromatic rings. The molecule has 8 heteroatoms. The van der Waals surface area contributed by atoms with E-state index in [0.717, 1.165) is 12.1 Å². The minimum Gasteiger partial charge on any atom is -0.462 e. The molecule has 0 saturated heterocycles. The summed E-state index contributed by atoms with van der Waals surface area (Å²) in [5.41, 5.74) is 0.0385. The Balaban J connectivity index is 1.99. The number of hydrogen-bond acceptors (Lipinski definition) is 5. The first-order valence-electron chi connectivity index (χ1n) is 7.60. The minimum absolute atomic E-state index is 0.132. The smallest absolute Gasteiger partial charge is 0.341 e. The molecule has 26 heavy (non-hydrogen) atoms. The lowest BCUT2D eigenvalue weighted by molar-refractivity contribution is -0.119. The lowest BCUT2D eigenvalue weighted by atomic mass is 10.2. The maximum Gasteiger partial charge on any atom is 0.341 e. The third-order valence-corrected chi connectivity index (χ3v) is 3.42. The minimum atomic E-state index is -1.01. The van der Waals surface area contributed by atoms with Gasteiger partial charge in [0.1, 0.15) is 5.82 Å². The summed E-state index contributed by atoms with van der Waals surface area (Å²) in [6, 6.07) is 9.69. The molecule has 0 aliphatic heterocycles. The molecule has 0 spiro atoms. The molecule has 6 nitrogen and oxygen atoms in total. The summed E-state index contributed by atoms with van der Waals surface area (Å²) in [6.07, 6.45) is 0. The van der Waals surface area contributed by atoms with Crippen LogP contribution in [0.1, 0.15) is 27.6 Å². The zero-order chi connectivity index (χ0) is 19.1. The number of ether oxygens (including phenoxy) is 2. The third-order valence-electron chi connectivity index (χ3n) is 3.18. The molecular weight excluding hydrogens is 365 g/mol. The molecule has 0 bridgehead atoms. The van der Waals surface area contributed by atoms with Crippen molar-refractivity contribution in [1.29, 1.82) is 0 Å². The Hall–Kier alpha value is -2.93. The summed E-state index contributed by atoms with van der Waals surface area (Å²) in [5.74, 6) is -3.14. The van der Waals surface area contributed by atoms with Crippen molar-refractivity contribution in [1.82, 2.24) is 0 Å². The number of halogens is 2. The standard InChI is InChI=1S/C18H15ClFNO5/c1-2-25-18(24)13-5-3-4-6-15(13)21-16(22)10-26-17(23)12-8-7-11(19)9-14(12)20/h3-9H,2,10H2,1H3,(H,21,22). The van der Waals surface area contributed by atoms with Gasteiger partial charge in [0, 0.05) is 5.02 Å². The number of hydrogen-bond donors (Lipinski definition) is 1. The summed E-state index contributed by atoms with van der Waals surface area (Å²) in [7, 11) is 0. The van der Waals surface area contributed by atoms with Gasteiger partial charge in [0.2, 0.25) is 0 Å². The molecule has 2 rings (SSSR count). The van der Waals surface area contributed by atoms with Crippen molar-refractivity contribution in [2.75, 3.05) is 18.5 Å². The van der Waals surface area contributed by atoms with E-state index in [0.29, 0.717) is 0 Å². The van der Waals surface area contributed by atoms with Crippen LogP contribution in [0.5, 0.6) is 0 Å². The molecule has 0 aromatic heterocycles. The van der Waals surface area contributed by atoms with Crippen LogP contribution in [-0.4, -0.2) is 31.1 Å². The van der Waals surface area contributed by atoms with Gasteiger partial charge < -0.3 is 14.8 Å². The van der Waals surface area contributed by atoms with Crippen LogP contribution in [0.3, 0.4) is 0 Å². The highest BCUT2D eigenvalue weighted by Crippen LogP contribution is 2.17. The summed E-state index contributed by atoms with van der Waals surface area (Å²) in [6.45, 7) is 1.19. The average molecular weight is 380 g/mol. The second-order valence-electron chi connectivity index (χ2n) is 5.01. The Morgan fingerprint density at radius 1 is 1.04 bits per heavy atom. The van der Waals surface area contributed by atoms with Crippen molar-refractivity contribution >= 4 is 35.1 Å². The largest absolute Gasteiger partial charge is 0.462 e. The van der Waals surface area contributed by atoms with Gasteiger partial charge in [-0.25, -0.2) is 14.0 Å². The van der Waals surface area contributed by atoms with Gasteiger partial charge in [-0.15, -0.1) is 0 Å². The van der Waals surface area contributed by atoms with Gasteiger partial charge in [-0.3, -0.25) is 4.79 Å². The van der Waals surface area contributed by atoms with Crippen molar-refractivity contribution in [2.24, 2.45) is 0 Å². The number of carbonyl (C=O) groups is 3. The lowest BCUT2D eigenvalue weighted by Crippen LogP contribution is -2.22. The zero-order valence-corrected chi connectivity index (χ0v) is 14.5. The van der Waals surface area contributed by atoms with E-state index in [1.807, 2.05) is 0 Å². The number of esters is 2. The van der Waals surface area contributed by atoms with E-state index in [1.165, 1.54) is 18.2 Å². The van der Waals surface area contributed by atoms with Crippen LogP contribution in [0.4, 0.5) is 10.1 Å². The van der Waals surface area contributed by atoms with Crippen molar-refractivity contribution in [3.8, 4) is 0 Å². The van der Waals surface area contributed by atoms with E-state index in [9.17, 15) is 18.8 Å². The lowest BCUT2D eigenvalue weighted by Gasteiger charge is -2.10. The van der Waals surface area contributed by atoms with Gasteiger partial charge in [0.25, 0.3) is 5.91 Å². The molecule has 0 radical (unpaired) electrons. The summed E-state index contributed by atoms with van der Waals surface area (Å²) < 4.78 is 23.3. The predicted molar refractivity (Wildman–Crippen MR) is 92.7 cm³/mol. The van der Waals surface area contributed by atoms with Gasteiger partial charge >= 0.3 is 11.9 Å². The topological polar surface area (TPSA) is 81.7 Å². The zero-order valence-electron chi connectivity index (χ0n) is 13.8. The molecule has 0 aliphatic rings. The SMILES string of the molecule is CCOC(=O)c1ccccc1NC(=O)COC(=O)c1ccc(Cl)cc1F. The highest BCUT2D eigenvalue weighted by molar-refractivity contribution is 6.30. The van der Waals surface area contributed by atoms with Crippen LogP contribution >= 0.6 is 11.6 Å². The molecular formula is C18H15ClFNO5. The van der Waals surface area contributed by atoms with Crippen molar-refractivity contribution < 1.29 is 28.2 Å². The Morgan fingerprint density at radius 2 is 1.73 bits per heavy atom. The molecule has 0 saturated carbocycles. The third kappa shape index (κ3) is 5.03. The molecule has 0 unspecified atom stereocenters. The monoisotopic (exact) mass is 379 g/mol. The van der Waals surface area contributed by atoms with E-state index in [1.54, 1.807) is 19.1 Å².